The molecule has 3 nitrogen and oxygen atoms in total. The molecule has 1 amide bonds. The van der Waals surface area contributed by atoms with E-state index in [4.69, 9.17) is 5.73 Å². The van der Waals surface area contributed by atoms with Gasteiger partial charge in [-0.3, -0.25) is 4.79 Å². The Labute approximate surface area is 121 Å². The molecule has 0 aliphatic heterocycles. The summed E-state index contributed by atoms with van der Waals surface area (Å²) in [6.45, 7) is 0.721. The van der Waals surface area contributed by atoms with Gasteiger partial charge in [-0.1, -0.05) is 31.4 Å². The molecule has 0 atom stereocenters. The van der Waals surface area contributed by atoms with E-state index >= 15 is 0 Å². The average molecular weight is 283 g/mol. The monoisotopic (exact) mass is 282 g/mol. The van der Waals surface area contributed by atoms with Crippen molar-refractivity contribution in [3.8, 4) is 0 Å². The second-order valence-corrected chi connectivity index (χ2v) is 5.12. The van der Waals surface area contributed by atoms with Crippen LogP contribution in [0.15, 0.2) is 24.3 Å². The number of nitrogens with one attached hydrogen (secondary N) is 1. The largest absolute Gasteiger partial charge is 0.399 e. The Morgan fingerprint density at radius 2 is 1.79 bits per heavy atom. The van der Waals surface area contributed by atoms with Crippen LogP contribution in [0.2, 0.25) is 0 Å². The summed E-state index contributed by atoms with van der Waals surface area (Å²) in [5.74, 6) is 0.496. The lowest BCUT2D eigenvalue weighted by atomic mass is 9.88. The molecule has 1 saturated carbocycles. The lowest BCUT2D eigenvalue weighted by Crippen LogP contribution is -2.33. The lowest BCUT2D eigenvalue weighted by Gasteiger charge is -2.20. The van der Waals surface area contributed by atoms with E-state index in [1.165, 1.54) is 24.8 Å². The van der Waals surface area contributed by atoms with Crippen molar-refractivity contribution < 1.29 is 4.79 Å². The van der Waals surface area contributed by atoms with E-state index in [0.717, 1.165) is 31.5 Å². The molecule has 1 fully saturated rings. The highest BCUT2D eigenvalue weighted by Crippen LogP contribution is 2.23. The lowest BCUT2D eigenvalue weighted by molar-refractivity contribution is -0.125. The molecule has 2 rings (SSSR count). The first-order chi connectivity index (χ1) is 8.75. The molecule has 3 N–H and O–H groups in total. The number of amides is 1. The summed E-state index contributed by atoms with van der Waals surface area (Å²) < 4.78 is 0. The molecule has 4 heteroatoms. The van der Waals surface area contributed by atoms with Crippen LogP contribution in [-0.4, -0.2) is 12.5 Å². The van der Waals surface area contributed by atoms with Gasteiger partial charge in [0.25, 0.3) is 0 Å². The topological polar surface area (TPSA) is 55.1 Å². The van der Waals surface area contributed by atoms with Gasteiger partial charge in [0.15, 0.2) is 0 Å². The zero-order valence-electron chi connectivity index (χ0n) is 11.2. The first-order valence-corrected chi connectivity index (χ1v) is 6.88. The smallest absolute Gasteiger partial charge is 0.223 e. The summed E-state index contributed by atoms with van der Waals surface area (Å²) in [6.07, 6.45) is 6.70. The number of carbonyl (C=O) groups excluding carboxylic acids is 1. The third-order valence-corrected chi connectivity index (χ3v) is 3.67. The summed E-state index contributed by atoms with van der Waals surface area (Å²) in [5.41, 5.74) is 7.63. The fourth-order valence-electron chi connectivity index (χ4n) is 2.52. The second kappa shape index (κ2) is 8.05. The Kier molecular flexibility index (Phi) is 6.71. The Morgan fingerprint density at radius 1 is 1.16 bits per heavy atom. The summed E-state index contributed by atoms with van der Waals surface area (Å²) in [7, 11) is 0. The van der Waals surface area contributed by atoms with Crippen molar-refractivity contribution >= 4 is 24.0 Å². The number of hydrogen-bond donors (Lipinski definition) is 2. The van der Waals surface area contributed by atoms with Crippen LogP contribution in [0.4, 0.5) is 5.69 Å². The van der Waals surface area contributed by atoms with Crippen molar-refractivity contribution in [2.24, 2.45) is 5.92 Å². The van der Waals surface area contributed by atoms with Gasteiger partial charge in [0.2, 0.25) is 5.91 Å². The first kappa shape index (κ1) is 15.8. The van der Waals surface area contributed by atoms with Gasteiger partial charge in [-0.05, 0) is 37.0 Å². The summed E-state index contributed by atoms with van der Waals surface area (Å²) in [5, 5.41) is 3.05. The Morgan fingerprint density at radius 3 is 2.42 bits per heavy atom. The highest BCUT2D eigenvalue weighted by molar-refractivity contribution is 5.85. The third-order valence-electron chi connectivity index (χ3n) is 3.67. The number of benzene rings is 1. The number of nitrogen functional groups attached to an aromatic ring is 1. The fourth-order valence-corrected chi connectivity index (χ4v) is 2.52. The molecule has 0 saturated heterocycles. The van der Waals surface area contributed by atoms with Crippen LogP contribution in [-0.2, 0) is 11.2 Å². The van der Waals surface area contributed by atoms with Crippen molar-refractivity contribution in [3.05, 3.63) is 29.8 Å². The van der Waals surface area contributed by atoms with E-state index in [9.17, 15) is 4.79 Å². The number of rotatable bonds is 4. The maximum Gasteiger partial charge on any atom is 0.223 e. The van der Waals surface area contributed by atoms with Gasteiger partial charge in [-0.25, -0.2) is 0 Å². The summed E-state index contributed by atoms with van der Waals surface area (Å²) in [6, 6.07) is 7.83. The average Bonchev–Trinajstić information content (AvgIpc) is 2.42. The van der Waals surface area contributed by atoms with E-state index in [2.05, 4.69) is 5.32 Å². The van der Waals surface area contributed by atoms with E-state index in [0.29, 0.717) is 0 Å². The molecule has 0 radical (unpaired) electrons. The zero-order chi connectivity index (χ0) is 12.8. The molecular formula is C15H23ClN2O. The minimum Gasteiger partial charge on any atom is -0.399 e. The molecular weight excluding hydrogens is 260 g/mol. The van der Waals surface area contributed by atoms with Crippen molar-refractivity contribution in [3.63, 3.8) is 0 Å². The number of halogens is 1. The zero-order valence-corrected chi connectivity index (χ0v) is 12.0. The minimum atomic E-state index is 0. The molecule has 0 heterocycles. The second-order valence-electron chi connectivity index (χ2n) is 5.12. The van der Waals surface area contributed by atoms with Crippen molar-refractivity contribution in [2.45, 2.75) is 38.5 Å². The number of hydrogen-bond acceptors (Lipinski definition) is 2. The van der Waals surface area contributed by atoms with Gasteiger partial charge >= 0.3 is 0 Å². The van der Waals surface area contributed by atoms with Crippen LogP contribution in [0, 0.1) is 5.92 Å². The van der Waals surface area contributed by atoms with Gasteiger partial charge in [-0.15, -0.1) is 12.4 Å². The van der Waals surface area contributed by atoms with E-state index in [1.54, 1.807) is 0 Å². The predicted molar refractivity (Wildman–Crippen MR) is 81.4 cm³/mol. The van der Waals surface area contributed by atoms with Crippen LogP contribution in [0.1, 0.15) is 37.7 Å². The van der Waals surface area contributed by atoms with Gasteiger partial charge < -0.3 is 11.1 Å². The van der Waals surface area contributed by atoms with Crippen LogP contribution >= 0.6 is 12.4 Å². The number of anilines is 1. The highest BCUT2D eigenvalue weighted by atomic mass is 35.5. The van der Waals surface area contributed by atoms with Gasteiger partial charge in [0.05, 0.1) is 0 Å². The van der Waals surface area contributed by atoms with Crippen LogP contribution in [0.25, 0.3) is 0 Å². The van der Waals surface area contributed by atoms with Gasteiger partial charge in [0, 0.05) is 18.2 Å². The first-order valence-electron chi connectivity index (χ1n) is 6.88. The quantitative estimate of drug-likeness (QED) is 0.834. The molecule has 0 bridgehead atoms. The molecule has 0 unspecified atom stereocenters. The molecule has 1 aliphatic rings. The number of carbonyl (C=O) groups is 1. The van der Waals surface area contributed by atoms with Gasteiger partial charge in [0.1, 0.15) is 0 Å². The molecule has 1 aliphatic carbocycles. The molecule has 0 aromatic heterocycles. The maximum atomic E-state index is 11.9. The molecule has 1 aromatic carbocycles. The predicted octanol–water partition coefficient (Wildman–Crippen LogP) is 2.93. The Bertz CT molecular complexity index is 386. The van der Waals surface area contributed by atoms with Crippen molar-refractivity contribution in [1.82, 2.24) is 5.32 Å². The highest BCUT2D eigenvalue weighted by Gasteiger charge is 2.20. The van der Waals surface area contributed by atoms with Crippen molar-refractivity contribution in [1.29, 1.82) is 0 Å². The third kappa shape index (κ3) is 5.11. The molecule has 1 aromatic rings. The Hall–Kier alpha value is -1.22. The normalized spacial score (nSPS) is 15.6. The van der Waals surface area contributed by atoms with Crippen LogP contribution in [0.3, 0.4) is 0 Å². The fraction of sp³-hybridized carbons (Fsp3) is 0.533. The standard InChI is InChI=1S/C15H22N2O.ClH/c16-14-8-6-12(7-9-14)10-11-17-15(18)13-4-2-1-3-5-13;/h6-9,13H,1-5,10-11,16H2,(H,17,18);1H. The van der Waals surface area contributed by atoms with E-state index in [1.807, 2.05) is 24.3 Å². The van der Waals surface area contributed by atoms with Crippen molar-refractivity contribution in [2.75, 3.05) is 12.3 Å². The molecule has 0 spiro atoms. The summed E-state index contributed by atoms with van der Waals surface area (Å²) in [4.78, 5) is 11.9. The minimum absolute atomic E-state index is 0. The molecule has 19 heavy (non-hydrogen) atoms. The molecule has 106 valence electrons. The summed E-state index contributed by atoms with van der Waals surface area (Å²) >= 11 is 0. The van der Waals surface area contributed by atoms with Crippen LogP contribution < -0.4 is 11.1 Å². The van der Waals surface area contributed by atoms with E-state index < -0.39 is 0 Å². The van der Waals surface area contributed by atoms with E-state index in [-0.39, 0.29) is 24.2 Å². The Balaban J connectivity index is 0.00000180. The van der Waals surface area contributed by atoms with Crippen LogP contribution in [0.5, 0.6) is 0 Å². The maximum absolute atomic E-state index is 11.9. The SMILES string of the molecule is Cl.Nc1ccc(CCNC(=O)C2CCCCC2)cc1. The number of nitrogens with two attached hydrogens (primary N) is 1. The van der Waals surface area contributed by atoms with Gasteiger partial charge in [-0.2, -0.15) is 0 Å².